The molecule has 0 aliphatic carbocycles. The topological polar surface area (TPSA) is 90.2 Å². The molecule has 20 heavy (non-hydrogen) atoms. The van der Waals surface area contributed by atoms with E-state index in [1.165, 1.54) is 0 Å². The van der Waals surface area contributed by atoms with Gasteiger partial charge >= 0.3 is 50.8 Å². The first-order valence-corrected chi connectivity index (χ1v) is 8.65. The Kier molecular flexibility index (Phi) is 57.5. The molecule has 122 valence electrons. The van der Waals surface area contributed by atoms with E-state index in [1.807, 2.05) is 27.7 Å². The van der Waals surface area contributed by atoms with Gasteiger partial charge in [-0.05, 0) is 27.7 Å². The third-order valence-electron chi connectivity index (χ3n) is 0.387. The zero-order valence-electron chi connectivity index (χ0n) is 13.2. The van der Waals surface area contributed by atoms with E-state index in [2.05, 4.69) is 29.6 Å². The van der Waals surface area contributed by atoms with Gasteiger partial charge in [0.25, 0.3) is 0 Å². The molecular weight excluding hydrogens is 296 g/mol. The van der Waals surface area contributed by atoms with Crippen molar-refractivity contribution in [1.82, 2.24) is 0 Å². The fourth-order valence-electron chi connectivity index (χ4n) is 0.183. The number of allylic oxidation sites excluding steroid dienone is 4. The minimum absolute atomic E-state index is 0.233. The summed E-state index contributed by atoms with van der Waals surface area (Å²) in [6.45, 7) is 20.4. The van der Waals surface area contributed by atoms with Crippen LogP contribution in [0.5, 0.6) is 0 Å². The Labute approximate surface area is 129 Å². The summed E-state index contributed by atoms with van der Waals surface area (Å²) < 4.78 is 28.3. The predicted molar refractivity (Wildman–Crippen MR) is 83.2 cm³/mol. The van der Waals surface area contributed by atoms with Gasteiger partial charge in [0, 0.05) is 0 Å². The van der Waals surface area contributed by atoms with E-state index >= 15 is 0 Å². The van der Waals surface area contributed by atoms with Crippen molar-refractivity contribution < 1.29 is 37.6 Å². The zero-order chi connectivity index (χ0) is 17.4. The van der Waals surface area contributed by atoms with Gasteiger partial charge in [-0.15, -0.1) is 26.3 Å². The summed E-state index contributed by atoms with van der Waals surface area (Å²) in [7, 11) is 0. The molecule has 0 unspecified atom stereocenters. The summed E-state index contributed by atoms with van der Waals surface area (Å²) in [6.07, 6.45) is 7.00. The molecule has 0 amide bonds. The van der Waals surface area contributed by atoms with Crippen LogP contribution in [0.1, 0.15) is 27.7 Å². The average molecular weight is 328 g/mol. The van der Waals surface area contributed by atoms with Gasteiger partial charge in [0.05, 0.1) is 0 Å². The molecule has 0 rings (SSSR count). The molecule has 5 nitrogen and oxygen atoms in total. The van der Waals surface area contributed by atoms with Crippen molar-refractivity contribution in [1.29, 1.82) is 0 Å². The van der Waals surface area contributed by atoms with Crippen LogP contribution >= 0.6 is 0 Å². The van der Waals surface area contributed by atoms with Gasteiger partial charge in [0.15, 0.2) is 0 Å². The van der Waals surface area contributed by atoms with Gasteiger partial charge in [-0.1, -0.05) is 24.3 Å². The first-order chi connectivity index (χ1) is 9.22. The third kappa shape index (κ3) is 237. The van der Waals surface area contributed by atoms with Crippen LogP contribution in [-0.4, -0.2) is 29.4 Å². The molecule has 0 saturated carbocycles. The van der Waals surface area contributed by atoms with Crippen LogP contribution in [0.3, 0.4) is 0 Å². The first kappa shape index (κ1) is 31.7. The van der Waals surface area contributed by atoms with E-state index < -0.39 is 18.1 Å². The van der Waals surface area contributed by atoms with Crippen molar-refractivity contribution in [2.45, 2.75) is 27.7 Å². The van der Waals surface area contributed by atoms with E-state index in [4.69, 9.17) is 16.2 Å². The van der Waals surface area contributed by atoms with Crippen molar-refractivity contribution >= 4 is 0 Å². The van der Waals surface area contributed by atoms with Crippen molar-refractivity contribution in [3.63, 3.8) is 0 Å². The summed E-state index contributed by atoms with van der Waals surface area (Å²) in [5.41, 5.74) is 0. The van der Waals surface area contributed by atoms with Crippen LogP contribution in [0.2, 0.25) is 0 Å². The van der Waals surface area contributed by atoms with E-state index in [0.717, 1.165) is 0 Å². The molecule has 0 aromatic carbocycles. The summed E-state index contributed by atoms with van der Waals surface area (Å²) in [6, 6.07) is 0. The minimum atomic E-state index is -4.77. The van der Waals surface area contributed by atoms with Gasteiger partial charge in [0.2, 0.25) is 0 Å². The molecule has 0 spiro atoms. The zero-order valence-corrected chi connectivity index (χ0v) is 14.8. The van der Waals surface area contributed by atoms with Crippen LogP contribution in [0.15, 0.2) is 50.6 Å². The number of hydrogen-bond acceptors (Lipinski definition) is 5. The molecule has 6 heteroatoms. The number of aliphatic hydroxyl groups is 1. The summed E-state index contributed by atoms with van der Waals surface area (Å²) in [5, 5.41) is 8.00. The second-order valence-electron chi connectivity index (χ2n) is 2.78. The van der Waals surface area contributed by atoms with E-state index in [0.29, 0.717) is 0 Å². The van der Waals surface area contributed by atoms with Gasteiger partial charge < -0.3 is 0 Å². The molecule has 0 saturated heterocycles. The Morgan fingerprint density at radius 2 is 1.00 bits per heavy atom. The molecule has 0 aliphatic heterocycles. The average Bonchev–Trinajstić information content (AvgIpc) is 2.29. The molecule has 0 heterocycles. The number of rotatable bonds is 3. The fraction of sp³-hybridized carbons (Fsp3) is 0.429. The Morgan fingerprint density at radius 1 is 0.800 bits per heavy atom. The SMILES string of the molecule is C=CC.C=CC.C=CC.C=CC.OCC[O][Ti]([OH])([OH])[OH]. The summed E-state index contributed by atoms with van der Waals surface area (Å²) in [5.74, 6) is 0. The van der Waals surface area contributed by atoms with Crippen LogP contribution in [-0.2, 0) is 21.5 Å². The van der Waals surface area contributed by atoms with E-state index in [-0.39, 0.29) is 13.2 Å². The van der Waals surface area contributed by atoms with Gasteiger partial charge in [0.1, 0.15) is 0 Å². The molecule has 0 aliphatic rings. The Hall–Kier alpha value is -0.526. The van der Waals surface area contributed by atoms with Crippen LogP contribution in [0.4, 0.5) is 0 Å². The normalized spacial score (nSPS) is 7.40. The molecule has 4 N–H and O–H groups in total. The third-order valence-corrected chi connectivity index (χ3v) is 1.31. The Bertz CT molecular complexity index is 164. The van der Waals surface area contributed by atoms with Crippen LogP contribution < -0.4 is 0 Å². The van der Waals surface area contributed by atoms with Gasteiger partial charge in [-0.25, -0.2) is 0 Å². The Morgan fingerprint density at radius 3 is 1.05 bits per heavy atom. The van der Waals surface area contributed by atoms with Crippen LogP contribution in [0, 0.1) is 0 Å². The van der Waals surface area contributed by atoms with E-state index in [9.17, 15) is 0 Å². The standard InChI is InChI=1S/4C3H6.C2H5O2.3H2O.Ti/c4*1-3-2;3-1-2-4;;;;/h4*3H,1H2,2H3;3H,1-2H2;3*1H2;/q;;;;-1;;;;+4/p-3. The molecule has 0 atom stereocenters. The molecule has 0 radical (unpaired) electrons. The van der Waals surface area contributed by atoms with Gasteiger partial charge in [-0.2, -0.15) is 0 Å². The van der Waals surface area contributed by atoms with Gasteiger partial charge in [-0.3, -0.25) is 0 Å². The van der Waals surface area contributed by atoms with Crippen molar-refractivity contribution in [3.05, 3.63) is 50.6 Å². The molecule has 0 fully saturated rings. The first-order valence-electron chi connectivity index (χ1n) is 5.92. The predicted octanol–water partition coefficient (Wildman–Crippen LogP) is 2.56. The monoisotopic (exact) mass is 328 g/mol. The van der Waals surface area contributed by atoms with Crippen molar-refractivity contribution in [3.8, 4) is 0 Å². The van der Waals surface area contributed by atoms with Crippen molar-refractivity contribution in [2.75, 3.05) is 13.2 Å². The van der Waals surface area contributed by atoms with Crippen molar-refractivity contribution in [2.24, 2.45) is 0 Å². The number of hydrogen-bond donors (Lipinski definition) is 4. The molecule has 0 aromatic heterocycles. The quantitative estimate of drug-likeness (QED) is 0.472. The second kappa shape index (κ2) is 36.3. The number of aliphatic hydroxyl groups excluding tert-OH is 1. The maximum atomic E-state index is 8.11. The molecule has 0 aromatic rings. The summed E-state index contributed by atoms with van der Waals surface area (Å²) >= 11 is -4.77. The Balaban J connectivity index is -0.0000000527. The maximum absolute atomic E-state index is 8.11. The summed E-state index contributed by atoms with van der Waals surface area (Å²) in [4.78, 5) is 0. The van der Waals surface area contributed by atoms with E-state index in [1.54, 1.807) is 24.3 Å². The second-order valence-corrected chi connectivity index (χ2v) is 5.02. The molecular formula is C14H32O5Ti. The molecule has 0 bridgehead atoms. The fourth-order valence-corrected chi connectivity index (χ4v) is 0.753. The van der Waals surface area contributed by atoms with Crippen LogP contribution in [0.25, 0.3) is 0 Å².